The number of carbonyl (C=O) groups excluding carboxylic acids is 1. The summed E-state index contributed by atoms with van der Waals surface area (Å²) in [7, 11) is 0. The Morgan fingerprint density at radius 1 is 0.393 bits per heavy atom. The zero-order chi connectivity index (χ0) is 64.2. The third-order valence-electron chi connectivity index (χ3n) is 18.3. The van der Waals surface area contributed by atoms with Gasteiger partial charge in [-0.1, -0.05) is 376 Å². The van der Waals surface area contributed by atoms with E-state index in [1.54, 1.807) is 0 Å². The van der Waals surface area contributed by atoms with Crippen molar-refractivity contribution in [1.29, 1.82) is 0 Å². The normalized spacial score (nSPS) is 18.2. The van der Waals surface area contributed by atoms with Crippen molar-refractivity contribution in [2.75, 3.05) is 13.2 Å². The van der Waals surface area contributed by atoms with Crippen molar-refractivity contribution in [2.24, 2.45) is 0 Å². The second-order valence-electron chi connectivity index (χ2n) is 26.8. The van der Waals surface area contributed by atoms with Crippen LogP contribution in [0.25, 0.3) is 0 Å². The van der Waals surface area contributed by atoms with E-state index < -0.39 is 49.5 Å². The van der Waals surface area contributed by atoms with Crippen molar-refractivity contribution >= 4 is 5.91 Å². The van der Waals surface area contributed by atoms with Gasteiger partial charge in [-0.15, -0.1) is 0 Å². The molecule has 0 spiro atoms. The number of amides is 1. The number of allylic oxidation sites excluding steroid dienone is 12. The molecule has 0 saturated carbocycles. The average molecular weight is 1250 g/mol. The first-order valence-corrected chi connectivity index (χ1v) is 38.6. The number of aliphatic hydroxyl groups is 5. The van der Waals surface area contributed by atoms with Crippen LogP contribution in [0.2, 0.25) is 0 Å². The Hall–Kier alpha value is -2.37. The Morgan fingerprint density at radius 2 is 0.697 bits per heavy atom. The second kappa shape index (κ2) is 68.5. The van der Waals surface area contributed by atoms with Gasteiger partial charge in [0, 0.05) is 6.42 Å². The lowest BCUT2D eigenvalue weighted by Crippen LogP contribution is -2.60. The summed E-state index contributed by atoms with van der Waals surface area (Å²) >= 11 is 0. The molecule has 1 rings (SSSR count). The molecular weight excluding hydrogens is 1100 g/mol. The molecule has 9 nitrogen and oxygen atoms in total. The van der Waals surface area contributed by atoms with Crippen molar-refractivity contribution in [2.45, 2.75) is 416 Å². The molecule has 0 radical (unpaired) electrons. The van der Waals surface area contributed by atoms with Gasteiger partial charge < -0.3 is 40.3 Å². The highest BCUT2D eigenvalue weighted by atomic mass is 16.7. The number of rotatable bonds is 68. The number of hydrogen-bond acceptors (Lipinski definition) is 8. The van der Waals surface area contributed by atoms with Crippen LogP contribution in [-0.4, -0.2) is 87.5 Å². The van der Waals surface area contributed by atoms with Crippen LogP contribution in [-0.2, 0) is 14.3 Å². The molecule has 1 amide bonds. The molecule has 1 saturated heterocycles. The van der Waals surface area contributed by atoms with Crippen LogP contribution in [0.3, 0.4) is 0 Å². The monoisotopic (exact) mass is 1250 g/mol. The fraction of sp³-hybridized carbons (Fsp3) is 0.838. The molecule has 0 aromatic rings. The largest absolute Gasteiger partial charge is 0.394 e. The number of nitrogens with one attached hydrogen (secondary N) is 1. The van der Waals surface area contributed by atoms with Gasteiger partial charge in [-0.3, -0.25) is 4.79 Å². The highest BCUT2D eigenvalue weighted by Crippen LogP contribution is 2.24. The van der Waals surface area contributed by atoms with Crippen LogP contribution in [0.5, 0.6) is 0 Å². The van der Waals surface area contributed by atoms with Crippen LogP contribution in [0, 0.1) is 0 Å². The van der Waals surface area contributed by atoms with Gasteiger partial charge in [0.2, 0.25) is 5.91 Å². The summed E-state index contributed by atoms with van der Waals surface area (Å²) in [4.78, 5) is 13.2. The Kier molecular flexibility index (Phi) is 65.1. The summed E-state index contributed by atoms with van der Waals surface area (Å²) in [6.07, 6.45) is 89.9. The summed E-state index contributed by atoms with van der Waals surface area (Å²) in [5.74, 6) is -0.141. The Balaban J connectivity index is 2.08. The molecule has 7 unspecified atom stereocenters. The molecule has 1 fully saturated rings. The maximum absolute atomic E-state index is 13.2. The van der Waals surface area contributed by atoms with E-state index in [4.69, 9.17) is 9.47 Å². The maximum Gasteiger partial charge on any atom is 0.220 e. The van der Waals surface area contributed by atoms with E-state index in [2.05, 4.69) is 92.1 Å². The zero-order valence-electron chi connectivity index (χ0n) is 58.4. The minimum atomic E-state index is -1.56. The lowest BCUT2D eigenvalue weighted by atomic mass is 9.99. The Bertz CT molecular complexity index is 1640. The highest BCUT2D eigenvalue weighted by Gasteiger charge is 2.44. The topological polar surface area (TPSA) is 149 Å². The van der Waals surface area contributed by atoms with Crippen molar-refractivity contribution in [3.05, 3.63) is 72.9 Å². The first kappa shape index (κ1) is 84.6. The molecular formula is C80H147NO8. The van der Waals surface area contributed by atoms with Gasteiger partial charge in [-0.05, 0) is 64.2 Å². The molecule has 1 heterocycles. The summed E-state index contributed by atoms with van der Waals surface area (Å²) in [5, 5.41) is 55.1. The van der Waals surface area contributed by atoms with Crippen molar-refractivity contribution in [3.8, 4) is 0 Å². The van der Waals surface area contributed by atoms with E-state index in [-0.39, 0.29) is 12.5 Å². The molecule has 6 N–H and O–H groups in total. The van der Waals surface area contributed by atoms with Crippen LogP contribution in [0.4, 0.5) is 0 Å². The van der Waals surface area contributed by atoms with Crippen molar-refractivity contribution in [1.82, 2.24) is 5.32 Å². The van der Waals surface area contributed by atoms with Crippen LogP contribution in [0.15, 0.2) is 72.9 Å². The fourth-order valence-corrected chi connectivity index (χ4v) is 12.3. The van der Waals surface area contributed by atoms with E-state index in [0.717, 1.165) is 77.0 Å². The number of aliphatic hydroxyl groups excluding tert-OH is 5. The van der Waals surface area contributed by atoms with E-state index in [1.165, 1.54) is 270 Å². The van der Waals surface area contributed by atoms with Crippen LogP contribution < -0.4 is 5.32 Å². The standard InChI is InChI=1S/C80H147NO8/c1-3-5-7-9-11-13-15-17-19-21-23-25-27-29-31-33-35-37-39-41-43-45-47-49-51-53-55-57-59-61-63-65-67-69-74(83)73(72-88-80-79(87)78(86)77(85)75(71-82)89-80)81-76(84)70-68-66-64-62-60-58-56-54-52-50-48-46-44-42-40-38-36-34-32-30-28-26-24-22-20-18-16-14-12-10-8-6-4-2/h6,8,12,14,18,20,24,26,30,32,36,38,73-75,77-80,82-83,85-87H,3-5,7,9-11,13,15-17,19,21-23,25,27-29,31,33-35,37,39-72H2,1-2H3,(H,81,84)/b8-6-,14-12-,20-18-,26-24-,32-30-,38-36-. The van der Waals surface area contributed by atoms with E-state index >= 15 is 0 Å². The zero-order valence-corrected chi connectivity index (χ0v) is 58.4. The lowest BCUT2D eigenvalue weighted by Gasteiger charge is -2.40. The lowest BCUT2D eigenvalue weighted by molar-refractivity contribution is -0.302. The summed E-state index contributed by atoms with van der Waals surface area (Å²) in [5.41, 5.74) is 0. The first-order chi connectivity index (χ1) is 43.8. The molecule has 0 bridgehead atoms. The minimum absolute atomic E-state index is 0.138. The molecule has 9 heteroatoms. The van der Waals surface area contributed by atoms with Crippen molar-refractivity contribution in [3.63, 3.8) is 0 Å². The predicted octanol–water partition coefficient (Wildman–Crippen LogP) is 21.9. The van der Waals surface area contributed by atoms with Gasteiger partial charge in [0.25, 0.3) is 0 Å². The van der Waals surface area contributed by atoms with E-state index in [9.17, 15) is 30.3 Å². The molecule has 0 aliphatic carbocycles. The van der Waals surface area contributed by atoms with Gasteiger partial charge in [0.1, 0.15) is 24.4 Å². The van der Waals surface area contributed by atoms with Crippen LogP contribution >= 0.6 is 0 Å². The highest BCUT2D eigenvalue weighted by molar-refractivity contribution is 5.76. The maximum atomic E-state index is 13.2. The van der Waals surface area contributed by atoms with Gasteiger partial charge in [-0.25, -0.2) is 0 Å². The minimum Gasteiger partial charge on any atom is -0.394 e. The van der Waals surface area contributed by atoms with E-state index in [1.807, 2.05) is 0 Å². The molecule has 7 atom stereocenters. The summed E-state index contributed by atoms with van der Waals surface area (Å²) < 4.78 is 11.4. The molecule has 0 aromatic heterocycles. The second-order valence-corrected chi connectivity index (χ2v) is 26.8. The van der Waals surface area contributed by atoms with Gasteiger partial charge in [0.15, 0.2) is 6.29 Å². The summed E-state index contributed by atoms with van der Waals surface area (Å²) in [6, 6.07) is -0.725. The molecule has 1 aliphatic rings. The Labute approximate surface area is 550 Å². The molecule has 1 aliphatic heterocycles. The molecule has 520 valence electrons. The van der Waals surface area contributed by atoms with Crippen molar-refractivity contribution < 1.29 is 39.8 Å². The summed E-state index contributed by atoms with van der Waals surface area (Å²) in [6.45, 7) is 3.77. The smallest absolute Gasteiger partial charge is 0.220 e. The number of ether oxygens (including phenoxy) is 2. The van der Waals surface area contributed by atoms with Gasteiger partial charge >= 0.3 is 0 Å². The Morgan fingerprint density at radius 3 is 1.03 bits per heavy atom. The SMILES string of the molecule is CC/C=C\C/C=C\C/C=C\C/C=C\C/C=C\C/C=C\CCCCCCCCCCCCCCCCC(=O)NC(COC1OC(CO)C(O)C(O)C1O)C(O)CCCCCCCCCCCCCCCCCCCCCCCCCCCCCCCCCCC. The van der Waals surface area contributed by atoms with Gasteiger partial charge in [0.05, 0.1) is 25.4 Å². The molecule has 89 heavy (non-hydrogen) atoms. The molecule has 0 aromatic carbocycles. The first-order valence-electron chi connectivity index (χ1n) is 38.6. The quantitative estimate of drug-likeness (QED) is 0.0261. The van der Waals surface area contributed by atoms with Crippen LogP contribution in [0.1, 0.15) is 373 Å². The third-order valence-corrected chi connectivity index (χ3v) is 18.3. The predicted molar refractivity (Wildman–Crippen MR) is 382 cm³/mol. The third kappa shape index (κ3) is 56.9. The number of unbranched alkanes of at least 4 members (excludes halogenated alkanes) is 46. The fourth-order valence-electron chi connectivity index (χ4n) is 12.3. The number of hydrogen-bond donors (Lipinski definition) is 6. The number of carbonyl (C=O) groups is 1. The van der Waals surface area contributed by atoms with Gasteiger partial charge in [-0.2, -0.15) is 0 Å². The van der Waals surface area contributed by atoms with E-state index in [0.29, 0.717) is 12.8 Å². The average Bonchev–Trinajstić information content (AvgIpc) is 2.28.